The molecule has 1 saturated carbocycles. The zero-order chi connectivity index (χ0) is 33.3. The van der Waals surface area contributed by atoms with Crippen LogP contribution in [-0.4, -0.2) is 39.6 Å². The van der Waals surface area contributed by atoms with Crippen LogP contribution in [0.2, 0.25) is 0 Å². The molecule has 1 fully saturated rings. The van der Waals surface area contributed by atoms with Crippen molar-refractivity contribution in [2.24, 2.45) is 9.98 Å². The standard InChI is InChI=1S/C38H49N3O4/c1-36(2,3)28-19-27(35(43)31(21-28)38(7,8)9)23-40-33-13-11-10-12-32(33)39-22-26-18-25(20-30(34(26)42)37(4,5)6)24-14-16-29(17-15-24)41(44)45/h14-23,32-33,42-43H,10-13H2,1-9H3/t32-,33-/m1/s1. The average molecular weight is 612 g/mol. The number of benzene rings is 3. The second-order valence-corrected chi connectivity index (χ2v) is 15.5. The van der Waals surface area contributed by atoms with Crippen molar-refractivity contribution < 1.29 is 15.1 Å². The molecule has 0 amide bonds. The Labute approximate surface area is 268 Å². The number of non-ortho nitro benzene ring substituents is 1. The Hall–Kier alpha value is -4.00. The van der Waals surface area contributed by atoms with E-state index in [4.69, 9.17) is 9.98 Å². The number of phenolic OH excluding ortho intramolecular Hbond substituents is 2. The van der Waals surface area contributed by atoms with Gasteiger partial charge in [-0.3, -0.25) is 20.1 Å². The molecule has 0 saturated heterocycles. The highest BCUT2D eigenvalue weighted by molar-refractivity contribution is 5.88. The molecular formula is C38H49N3O4. The first-order valence-electron chi connectivity index (χ1n) is 15.9. The molecule has 1 aliphatic rings. The van der Waals surface area contributed by atoms with Crippen LogP contribution in [0.25, 0.3) is 11.1 Å². The van der Waals surface area contributed by atoms with Crippen molar-refractivity contribution in [1.29, 1.82) is 0 Å². The number of aliphatic imine (C=N–C) groups is 2. The van der Waals surface area contributed by atoms with Gasteiger partial charge < -0.3 is 10.2 Å². The number of phenols is 2. The molecule has 2 N–H and O–H groups in total. The zero-order valence-electron chi connectivity index (χ0n) is 28.3. The van der Waals surface area contributed by atoms with E-state index in [9.17, 15) is 20.3 Å². The van der Waals surface area contributed by atoms with E-state index >= 15 is 0 Å². The van der Waals surface area contributed by atoms with Gasteiger partial charge in [-0.25, -0.2) is 0 Å². The number of aromatic hydroxyl groups is 2. The normalized spacial score (nSPS) is 18.2. The molecule has 45 heavy (non-hydrogen) atoms. The minimum Gasteiger partial charge on any atom is -0.507 e. The Kier molecular flexibility index (Phi) is 9.62. The number of nitro groups is 1. The van der Waals surface area contributed by atoms with Crippen LogP contribution in [0.1, 0.15) is 116 Å². The topological polar surface area (TPSA) is 108 Å². The quantitative estimate of drug-likeness (QED) is 0.164. The van der Waals surface area contributed by atoms with Gasteiger partial charge in [-0.1, -0.05) is 81.2 Å². The summed E-state index contributed by atoms with van der Waals surface area (Å²) in [7, 11) is 0. The van der Waals surface area contributed by atoms with E-state index < -0.39 is 4.92 Å². The molecule has 2 atom stereocenters. The number of rotatable bonds is 6. The van der Waals surface area contributed by atoms with Gasteiger partial charge in [-0.2, -0.15) is 0 Å². The molecule has 0 aliphatic heterocycles. The monoisotopic (exact) mass is 611 g/mol. The third-order valence-corrected chi connectivity index (χ3v) is 8.68. The predicted octanol–water partition coefficient (Wildman–Crippen LogP) is 9.41. The molecule has 0 unspecified atom stereocenters. The molecular weight excluding hydrogens is 562 g/mol. The third-order valence-electron chi connectivity index (χ3n) is 8.68. The number of hydrogen-bond acceptors (Lipinski definition) is 6. The summed E-state index contributed by atoms with van der Waals surface area (Å²) in [5, 5.41) is 33.8. The minimum absolute atomic E-state index is 0.0346. The molecule has 1 aliphatic carbocycles. The lowest BCUT2D eigenvalue weighted by molar-refractivity contribution is -0.384. The van der Waals surface area contributed by atoms with Gasteiger partial charge in [0.2, 0.25) is 0 Å². The molecule has 7 nitrogen and oxygen atoms in total. The summed E-state index contributed by atoms with van der Waals surface area (Å²) in [6, 6.07) is 14.4. The van der Waals surface area contributed by atoms with Gasteiger partial charge in [-0.05, 0) is 76.1 Å². The van der Waals surface area contributed by atoms with Crippen molar-refractivity contribution >= 4 is 18.1 Å². The SMILES string of the molecule is CC(C)(C)c1cc(C=N[C@@H]2CCCC[C@H]2N=Cc2cc(-c3ccc([N+](=O)[O-])cc3)cc(C(C)(C)C)c2O)c(O)c(C(C)(C)C)c1. The highest BCUT2D eigenvalue weighted by Gasteiger charge is 2.27. The van der Waals surface area contributed by atoms with Gasteiger partial charge in [-0.15, -0.1) is 0 Å². The Morgan fingerprint density at radius 3 is 1.60 bits per heavy atom. The molecule has 0 bridgehead atoms. The molecule has 3 aromatic carbocycles. The first-order chi connectivity index (χ1) is 20.9. The average Bonchev–Trinajstić information content (AvgIpc) is 2.94. The molecule has 0 aromatic heterocycles. The molecule has 0 radical (unpaired) electrons. The van der Waals surface area contributed by atoms with E-state index in [1.807, 2.05) is 45.2 Å². The van der Waals surface area contributed by atoms with Crippen molar-refractivity contribution in [3.63, 3.8) is 0 Å². The van der Waals surface area contributed by atoms with Gasteiger partial charge >= 0.3 is 0 Å². The number of nitrogens with zero attached hydrogens (tertiary/aromatic N) is 3. The smallest absolute Gasteiger partial charge is 0.269 e. The third kappa shape index (κ3) is 7.99. The zero-order valence-corrected chi connectivity index (χ0v) is 28.3. The van der Waals surface area contributed by atoms with Crippen LogP contribution >= 0.6 is 0 Å². The highest BCUT2D eigenvalue weighted by atomic mass is 16.6. The van der Waals surface area contributed by atoms with E-state index in [0.717, 1.165) is 59.1 Å². The lowest BCUT2D eigenvalue weighted by atomic mass is 9.79. The van der Waals surface area contributed by atoms with E-state index in [1.54, 1.807) is 18.3 Å². The van der Waals surface area contributed by atoms with Crippen molar-refractivity contribution in [3.05, 3.63) is 86.5 Å². The summed E-state index contributed by atoms with van der Waals surface area (Å²) in [4.78, 5) is 20.8. The molecule has 0 spiro atoms. The van der Waals surface area contributed by atoms with Gasteiger partial charge in [0.1, 0.15) is 11.5 Å². The molecule has 7 heteroatoms. The van der Waals surface area contributed by atoms with Gasteiger partial charge in [0.05, 0.1) is 17.0 Å². The Morgan fingerprint density at radius 2 is 1.16 bits per heavy atom. The van der Waals surface area contributed by atoms with Crippen LogP contribution < -0.4 is 0 Å². The predicted molar refractivity (Wildman–Crippen MR) is 186 cm³/mol. The first-order valence-corrected chi connectivity index (χ1v) is 15.9. The van der Waals surface area contributed by atoms with Crippen molar-refractivity contribution in [3.8, 4) is 22.6 Å². The van der Waals surface area contributed by atoms with Crippen molar-refractivity contribution in [2.45, 2.75) is 116 Å². The van der Waals surface area contributed by atoms with Crippen LogP contribution in [0, 0.1) is 10.1 Å². The number of hydrogen-bond donors (Lipinski definition) is 2. The maximum atomic E-state index is 11.3. The summed E-state index contributed by atoms with van der Waals surface area (Å²) in [6.45, 7) is 19.0. The molecule has 4 rings (SSSR count). The fourth-order valence-corrected chi connectivity index (χ4v) is 5.82. The maximum absolute atomic E-state index is 11.3. The van der Waals surface area contributed by atoms with Crippen LogP contribution in [0.3, 0.4) is 0 Å². The van der Waals surface area contributed by atoms with Gasteiger partial charge in [0, 0.05) is 46.8 Å². The van der Waals surface area contributed by atoms with Crippen LogP contribution in [0.4, 0.5) is 5.69 Å². The van der Waals surface area contributed by atoms with Crippen molar-refractivity contribution in [1.82, 2.24) is 0 Å². The highest BCUT2D eigenvalue weighted by Crippen LogP contribution is 2.39. The second kappa shape index (κ2) is 12.8. The summed E-state index contributed by atoms with van der Waals surface area (Å²) in [5.74, 6) is 0.462. The van der Waals surface area contributed by atoms with Gasteiger partial charge in [0.25, 0.3) is 5.69 Å². The Bertz CT molecular complexity index is 1600. The first kappa shape index (κ1) is 33.9. The van der Waals surface area contributed by atoms with Crippen LogP contribution in [0.15, 0.2) is 58.5 Å². The fraction of sp³-hybridized carbons (Fsp3) is 0.474. The Morgan fingerprint density at radius 1 is 0.689 bits per heavy atom. The van der Waals surface area contributed by atoms with E-state index in [2.05, 4.69) is 47.6 Å². The molecule has 3 aromatic rings. The fourth-order valence-electron chi connectivity index (χ4n) is 5.82. The van der Waals surface area contributed by atoms with Crippen LogP contribution in [-0.2, 0) is 16.2 Å². The van der Waals surface area contributed by atoms with E-state index in [0.29, 0.717) is 5.56 Å². The summed E-state index contributed by atoms with van der Waals surface area (Å²) in [6.07, 6.45) is 7.47. The lowest BCUT2D eigenvalue weighted by Gasteiger charge is -2.28. The van der Waals surface area contributed by atoms with Crippen LogP contribution in [0.5, 0.6) is 11.5 Å². The largest absolute Gasteiger partial charge is 0.507 e. The maximum Gasteiger partial charge on any atom is 0.269 e. The molecule has 0 heterocycles. The number of nitro benzene ring substituents is 1. The second-order valence-electron chi connectivity index (χ2n) is 15.5. The summed E-state index contributed by atoms with van der Waals surface area (Å²) in [5.41, 5.74) is 5.26. The summed E-state index contributed by atoms with van der Waals surface area (Å²) < 4.78 is 0. The lowest BCUT2D eigenvalue weighted by Crippen LogP contribution is -2.27. The van der Waals surface area contributed by atoms with Crippen molar-refractivity contribution in [2.75, 3.05) is 0 Å². The summed E-state index contributed by atoms with van der Waals surface area (Å²) >= 11 is 0. The molecule has 240 valence electrons. The van der Waals surface area contributed by atoms with Gasteiger partial charge in [0.15, 0.2) is 0 Å². The minimum atomic E-state index is -0.408. The Balaban J connectivity index is 1.70. The van der Waals surface area contributed by atoms with E-state index in [-0.39, 0.29) is 45.5 Å². The van der Waals surface area contributed by atoms with E-state index in [1.165, 1.54) is 12.1 Å².